The van der Waals surface area contributed by atoms with Crippen LogP contribution in [-0.4, -0.2) is 11.0 Å². The molecule has 3 nitrogen and oxygen atoms in total. The molecule has 2 aromatic rings. The molecule has 3 heteroatoms. The van der Waals surface area contributed by atoms with Crippen molar-refractivity contribution in [1.29, 1.82) is 0 Å². The molecule has 0 atom stereocenters. The number of nitrogens with zero attached hydrogens (tertiary/aromatic N) is 1. The topological polar surface area (TPSA) is 39.2 Å². The Balaban J connectivity index is 2.28. The molecule has 1 aromatic heterocycles. The Morgan fingerprint density at radius 2 is 1.93 bits per heavy atom. The molecule has 0 radical (unpaired) electrons. The van der Waals surface area contributed by atoms with Crippen molar-refractivity contribution in [2.45, 2.75) is 6.92 Å². The predicted octanol–water partition coefficient (Wildman–Crippen LogP) is 2.85. The van der Waals surface area contributed by atoms with Crippen molar-refractivity contribution in [2.75, 3.05) is 0 Å². The lowest BCUT2D eigenvalue weighted by Crippen LogP contribution is -1.97. The van der Waals surface area contributed by atoms with Crippen LogP contribution in [0.25, 0.3) is 0 Å². The maximum Gasteiger partial charge on any atom is 0.223 e. The lowest BCUT2D eigenvalue weighted by molar-refractivity contribution is -0.354. The van der Waals surface area contributed by atoms with Gasteiger partial charge in [0.05, 0.1) is 6.26 Å². The molecule has 0 saturated carbocycles. The molecule has 0 saturated heterocycles. The summed E-state index contributed by atoms with van der Waals surface area (Å²) in [6, 6.07) is 10.8. The summed E-state index contributed by atoms with van der Waals surface area (Å²) >= 11 is 0. The summed E-state index contributed by atoms with van der Waals surface area (Å²) in [4.78, 5) is 0. The highest BCUT2D eigenvalue weighted by molar-refractivity contribution is 5.72. The lowest BCUT2D eigenvalue weighted by Gasteiger charge is -2.01. The van der Waals surface area contributed by atoms with Crippen LogP contribution in [0.2, 0.25) is 0 Å². The van der Waals surface area contributed by atoms with Gasteiger partial charge in [-0.3, -0.25) is 0 Å². The maximum atomic E-state index is 11.6. The van der Waals surface area contributed by atoms with Crippen molar-refractivity contribution < 1.29 is 9.16 Å². The fourth-order valence-corrected chi connectivity index (χ4v) is 1.25. The minimum Gasteiger partial charge on any atom is -0.618 e. The third kappa shape index (κ3) is 2.26. The second kappa shape index (κ2) is 4.00. The summed E-state index contributed by atoms with van der Waals surface area (Å²) in [5.41, 5.74) is 1.72. The Bertz CT molecular complexity index is 455. The first kappa shape index (κ1) is 9.52. The molecule has 0 aliphatic carbocycles. The van der Waals surface area contributed by atoms with Crippen LogP contribution >= 0.6 is 0 Å². The fourth-order valence-electron chi connectivity index (χ4n) is 1.25. The number of benzene rings is 1. The van der Waals surface area contributed by atoms with E-state index in [-0.39, 0.29) is 0 Å². The molecule has 2 rings (SSSR count). The molecule has 0 spiro atoms. The van der Waals surface area contributed by atoms with E-state index in [2.05, 4.69) is 0 Å². The third-order valence-corrected chi connectivity index (χ3v) is 2.08. The largest absolute Gasteiger partial charge is 0.618 e. The van der Waals surface area contributed by atoms with Gasteiger partial charge in [-0.2, -0.15) is 4.74 Å². The molecule has 15 heavy (non-hydrogen) atoms. The lowest BCUT2D eigenvalue weighted by atomic mass is 10.2. The smallest absolute Gasteiger partial charge is 0.223 e. The Morgan fingerprint density at radius 3 is 2.53 bits per heavy atom. The van der Waals surface area contributed by atoms with E-state index in [1.165, 1.54) is 12.5 Å². The van der Waals surface area contributed by atoms with E-state index >= 15 is 0 Å². The monoisotopic (exact) mass is 201 g/mol. The van der Waals surface area contributed by atoms with Crippen LogP contribution in [0.1, 0.15) is 11.3 Å². The molecule has 0 aliphatic heterocycles. The fraction of sp³-hybridized carbons (Fsp3) is 0.0833. The third-order valence-electron chi connectivity index (χ3n) is 2.08. The molecule has 0 unspecified atom stereocenters. The first-order valence-electron chi connectivity index (χ1n) is 4.67. The SMILES string of the molecule is Cc1ccc(/[N+]([O-])=C/c2ccco2)cc1. The van der Waals surface area contributed by atoms with Crippen LogP contribution < -0.4 is 0 Å². The molecule has 1 heterocycles. The molecule has 0 amide bonds. The van der Waals surface area contributed by atoms with Gasteiger partial charge in [0, 0.05) is 12.1 Å². The van der Waals surface area contributed by atoms with Crippen LogP contribution in [0.4, 0.5) is 5.69 Å². The minimum atomic E-state index is 0.547. The Hall–Kier alpha value is -2.03. The predicted molar refractivity (Wildman–Crippen MR) is 58.3 cm³/mol. The van der Waals surface area contributed by atoms with Gasteiger partial charge in [0.25, 0.3) is 0 Å². The van der Waals surface area contributed by atoms with E-state index in [0.29, 0.717) is 11.4 Å². The van der Waals surface area contributed by atoms with Crippen LogP contribution in [0.5, 0.6) is 0 Å². The average Bonchev–Trinajstić information content (AvgIpc) is 2.71. The van der Waals surface area contributed by atoms with Crippen LogP contribution in [0.15, 0.2) is 47.1 Å². The van der Waals surface area contributed by atoms with E-state index in [1.54, 1.807) is 24.3 Å². The highest BCUT2D eigenvalue weighted by atomic mass is 16.5. The van der Waals surface area contributed by atoms with Crippen LogP contribution in [0, 0.1) is 12.1 Å². The number of hydrogen-bond acceptors (Lipinski definition) is 2. The van der Waals surface area contributed by atoms with E-state index in [9.17, 15) is 5.21 Å². The summed E-state index contributed by atoms with van der Waals surface area (Å²) in [5.74, 6) is 0.547. The van der Waals surface area contributed by atoms with Crippen LogP contribution in [0.3, 0.4) is 0 Å². The van der Waals surface area contributed by atoms with Gasteiger partial charge in [0.15, 0.2) is 5.76 Å². The van der Waals surface area contributed by atoms with E-state index < -0.39 is 0 Å². The van der Waals surface area contributed by atoms with E-state index in [0.717, 1.165) is 10.3 Å². The van der Waals surface area contributed by atoms with Crippen molar-refractivity contribution in [3.8, 4) is 0 Å². The number of furan rings is 1. The van der Waals surface area contributed by atoms with Crippen molar-refractivity contribution in [1.82, 2.24) is 0 Å². The zero-order valence-electron chi connectivity index (χ0n) is 8.38. The van der Waals surface area contributed by atoms with Gasteiger partial charge >= 0.3 is 0 Å². The summed E-state index contributed by atoms with van der Waals surface area (Å²) in [6.07, 6.45) is 2.94. The van der Waals surface area contributed by atoms with Crippen molar-refractivity contribution in [3.63, 3.8) is 0 Å². The molecule has 1 aromatic carbocycles. The maximum absolute atomic E-state index is 11.6. The number of rotatable bonds is 2. The van der Waals surface area contributed by atoms with E-state index in [4.69, 9.17) is 4.42 Å². The van der Waals surface area contributed by atoms with Gasteiger partial charge in [-0.15, -0.1) is 0 Å². The first-order valence-corrected chi connectivity index (χ1v) is 4.67. The Kier molecular flexibility index (Phi) is 2.54. The first-order chi connectivity index (χ1) is 7.25. The second-order valence-corrected chi connectivity index (χ2v) is 3.31. The molecule has 0 N–H and O–H groups in total. The molecule has 0 aliphatic rings. The standard InChI is InChI=1S/C12H11NO2/c1-10-4-6-11(7-5-10)13(14)9-12-3-2-8-15-12/h2-9H,1H3/b13-9-. The van der Waals surface area contributed by atoms with E-state index in [1.807, 2.05) is 19.1 Å². The zero-order chi connectivity index (χ0) is 10.7. The van der Waals surface area contributed by atoms with Gasteiger partial charge in [0.1, 0.15) is 0 Å². The summed E-state index contributed by atoms with van der Waals surface area (Å²) in [7, 11) is 0. The normalized spacial score (nSPS) is 11.7. The van der Waals surface area contributed by atoms with Gasteiger partial charge in [-0.25, -0.2) is 0 Å². The summed E-state index contributed by atoms with van der Waals surface area (Å²) < 4.78 is 5.84. The molecular formula is C12H11NO2. The van der Waals surface area contributed by atoms with Crippen LogP contribution in [-0.2, 0) is 0 Å². The van der Waals surface area contributed by atoms with Gasteiger partial charge in [-0.1, -0.05) is 17.7 Å². The van der Waals surface area contributed by atoms with Gasteiger partial charge in [-0.05, 0) is 19.1 Å². The Morgan fingerprint density at radius 1 is 1.20 bits per heavy atom. The molecule has 0 fully saturated rings. The highest BCUT2D eigenvalue weighted by Crippen LogP contribution is 2.11. The van der Waals surface area contributed by atoms with Crippen molar-refractivity contribution in [3.05, 3.63) is 59.2 Å². The summed E-state index contributed by atoms with van der Waals surface area (Å²) in [6.45, 7) is 1.98. The second-order valence-electron chi connectivity index (χ2n) is 3.31. The average molecular weight is 201 g/mol. The quantitative estimate of drug-likeness (QED) is 0.324. The summed E-state index contributed by atoms with van der Waals surface area (Å²) in [5, 5.41) is 11.6. The van der Waals surface area contributed by atoms with Crippen molar-refractivity contribution >= 4 is 11.9 Å². The zero-order valence-corrected chi connectivity index (χ0v) is 8.38. The van der Waals surface area contributed by atoms with Gasteiger partial charge < -0.3 is 9.62 Å². The van der Waals surface area contributed by atoms with Gasteiger partial charge in [0.2, 0.25) is 11.9 Å². The van der Waals surface area contributed by atoms with Crippen molar-refractivity contribution in [2.24, 2.45) is 0 Å². The molecular weight excluding hydrogens is 190 g/mol. The molecule has 76 valence electrons. The highest BCUT2D eigenvalue weighted by Gasteiger charge is 2.01. The minimum absolute atomic E-state index is 0.547. The number of aryl methyl sites for hydroxylation is 1. The molecule has 0 bridgehead atoms. The Labute approximate surface area is 87.9 Å². The number of hydrogen-bond donors (Lipinski definition) is 0.